The Kier molecular flexibility index (Phi) is 7.31. The van der Waals surface area contributed by atoms with Crippen LogP contribution in [0.15, 0.2) is 0 Å². The fourth-order valence-corrected chi connectivity index (χ4v) is 4.67. The second kappa shape index (κ2) is 9.00. The number of rotatable bonds is 5. The van der Waals surface area contributed by atoms with Crippen LogP contribution in [0.2, 0.25) is 0 Å². The number of piperidine rings is 1. The fraction of sp³-hybridized carbons (Fsp3) is 0.765. The summed E-state index contributed by atoms with van der Waals surface area (Å²) in [6.45, 7) is 4.47. The number of carbonyl (C=O) groups excluding carboxylic acids is 1. The third-order valence-corrected chi connectivity index (χ3v) is 6.14. The van der Waals surface area contributed by atoms with Crippen LogP contribution in [0.4, 0.5) is 5.13 Å². The SMILES string of the molecule is CCC1CCc2nc(NC(=O)CCC3CCNCC3)sc2C1.Cl. The molecule has 0 spiro atoms. The van der Waals surface area contributed by atoms with Gasteiger partial charge in [0.25, 0.3) is 0 Å². The molecule has 130 valence electrons. The van der Waals surface area contributed by atoms with E-state index in [0.29, 0.717) is 12.3 Å². The quantitative estimate of drug-likeness (QED) is 0.842. The van der Waals surface area contributed by atoms with Gasteiger partial charge in [0.1, 0.15) is 0 Å². The van der Waals surface area contributed by atoms with E-state index in [2.05, 4.69) is 22.5 Å². The topological polar surface area (TPSA) is 54.0 Å². The van der Waals surface area contributed by atoms with Crippen molar-refractivity contribution in [2.24, 2.45) is 11.8 Å². The van der Waals surface area contributed by atoms with Crippen LogP contribution in [0, 0.1) is 11.8 Å². The van der Waals surface area contributed by atoms with Gasteiger partial charge in [-0.05, 0) is 63.5 Å². The second-order valence-electron chi connectivity index (χ2n) is 6.69. The zero-order chi connectivity index (χ0) is 15.4. The Morgan fingerprint density at radius 3 is 2.83 bits per heavy atom. The molecule has 2 aliphatic rings. The Morgan fingerprint density at radius 1 is 1.30 bits per heavy atom. The number of anilines is 1. The molecule has 1 unspecified atom stereocenters. The van der Waals surface area contributed by atoms with Crippen molar-refractivity contribution in [2.45, 2.75) is 58.3 Å². The van der Waals surface area contributed by atoms with Gasteiger partial charge in [-0.25, -0.2) is 4.98 Å². The lowest BCUT2D eigenvalue weighted by atomic mass is 9.89. The Hall–Kier alpha value is -0.650. The van der Waals surface area contributed by atoms with Gasteiger partial charge < -0.3 is 10.6 Å². The highest BCUT2D eigenvalue weighted by atomic mass is 35.5. The highest BCUT2D eigenvalue weighted by Crippen LogP contribution is 2.33. The molecule has 0 bridgehead atoms. The zero-order valence-corrected chi connectivity index (χ0v) is 15.5. The number of nitrogens with zero attached hydrogens (tertiary/aromatic N) is 1. The molecule has 2 N–H and O–H groups in total. The summed E-state index contributed by atoms with van der Waals surface area (Å²) < 4.78 is 0. The van der Waals surface area contributed by atoms with Gasteiger partial charge in [-0.2, -0.15) is 0 Å². The van der Waals surface area contributed by atoms with Gasteiger partial charge >= 0.3 is 0 Å². The van der Waals surface area contributed by atoms with Gasteiger partial charge in [0.05, 0.1) is 5.69 Å². The van der Waals surface area contributed by atoms with E-state index < -0.39 is 0 Å². The molecule has 1 atom stereocenters. The van der Waals surface area contributed by atoms with E-state index in [1.54, 1.807) is 11.3 Å². The molecule has 23 heavy (non-hydrogen) atoms. The lowest BCUT2D eigenvalue weighted by molar-refractivity contribution is -0.116. The maximum atomic E-state index is 12.1. The van der Waals surface area contributed by atoms with Crippen LogP contribution in [0.25, 0.3) is 0 Å². The Bertz CT molecular complexity index is 514. The maximum absolute atomic E-state index is 12.1. The number of nitrogens with one attached hydrogen (secondary N) is 2. The van der Waals surface area contributed by atoms with Crippen LogP contribution in [-0.2, 0) is 17.6 Å². The van der Waals surface area contributed by atoms with Crippen molar-refractivity contribution in [3.63, 3.8) is 0 Å². The second-order valence-corrected chi connectivity index (χ2v) is 7.77. The normalized spacial score (nSPS) is 21.3. The molecule has 0 radical (unpaired) electrons. The molecule has 4 nitrogen and oxygen atoms in total. The first kappa shape index (κ1) is 18.7. The molecule has 1 aromatic heterocycles. The number of hydrogen-bond donors (Lipinski definition) is 2. The van der Waals surface area contributed by atoms with E-state index >= 15 is 0 Å². The summed E-state index contributed by atoms with van der Waals surface area (Å²) in [5.74, 6) is 1.65. The van der Waals surface area contributed by atoms with Crippen LogP contribution in [0.5, 0.6) is 0 Å². The van der Waals surface area contributed by atoms with Gasteiger partial charge in [0.2, 0.25) is 5.91 Å². The Morgan fingerprint density at radius 2 is 2.09 bits per heavy atom. The fourth-order valence-electron chi connectivity index (χ4n) is 3.53. The maximum Gasteiger partial charge on any atom is 0.226 e. The van der Waals surface area contributed by atoms with Crippen LogP contribution in [-0.4, -0.2) is 24.0 Å². The van der Waals surface area contributed by atoms with Crippen molar-refractivity contribution in [1.82, 2.24) is 10.3 Å². The summed E-state index contributed by atoms with van der Waals surface area (Å²) in [5.41, 5.74) is 1.23. The molecule has 1 aliphatic carbocycles. The van der Waals surface area contributed by atoms with Crippen molar-refractivity contribution in [3.05, 3.63) is 10.6 Å². The molecule has 6 heteroatoms. The third-order valence-electron chi connectivity index (χ3n) is 5.10. The summed E-state index contributed by atoms with van der Waals surface area (Å²) in [4.78, 5) is 18.2. The monoisotopic (exact) mass is 357 g/mol. The Labute approximate surface area is 149 Å². The van der Waals surface area contributed by atoms with E-state index in [0.717, 1.165) is 43.4 Å². The smallest absolute Gasteiger partial charge is 0.226 e. The van der Waals surface area contributed by atoms with Gasteiger partial charge in [-0.15, -0.1) is 23.7 Å². The molecule has 1 saturated heterocycles. The summed E-state index contributed by atoms with van der Waals surface area (Å²) >= 11 is 1.69. The predicted molar refractivity (Wildman–Crippen MR) is 98.6 cm³/mol. The number of aryl methyl sites for hydroxylation is 1. The number of halogens is 1. The van der Waals surface area contributed by atoms with Crippen molar-refractivity contribution in [3.8, 4) is 0 Å². The lowest BCUT2D eigenvalue weighted by Crippen LogP contribution is -2.28. The minimum Gasteiger partial charge on any atom is -0.317 e. The van der Waals surface area contributed by atoms with Crippen molar-refractivity contribution >= 4 is 34.8 Å². The van der Waals surface area contributed by atoms with Gasteiger partial charge in [0.15, 0.2) is 5.13 Å². The van der Waals surface area contributed by atoms with E-state index in [9.17, 15) is 4.79 Å². The van der Waals surface area contributed by atoms with Crippen LogP contribution < -0.4 is 10.6 Å². The first-order chi connectivity index (χ1) is 10.7. The summed E-state index contributed by atoms with van der Waals surface area (Å²) in [6, 6.07) is 0. The number of hydrogen-bond acceptors (Lipinski definition) is 4. The molecule has 1 aliphatic heterocycles. The molecule has 0 aromatic carbocycles. The summed E-state index contributed by atoms with van der Waals surface area (Å²) in [6.07, 6.45) is 8.77. The number of amides is 1. The minimum absolute atomic E-state index is 0. The van der Waals surface area contributed by atoms with E-state index in [1.807, 2.05) is 0 Å². The number of thiazole rings is 1. The van der Waals surface area contributed by atoms with Crippen molar-refractivity contribution in [2.75, 3.05) is 18.4 Å². The minimum atomic E-state index is 0. The summed E-state index contributed by atoms with van der Waals surface area (Å²) in [5, 5.41) is 7.21. The van der Waals surface area contributed by atoms with Gasteiger partial charge in [0, 0.05) is 11.3 Å². The average molecular weight is 358 g/mol. The average Bonchev–Trinajstić information content (AvgIpc) is 2.95. The highest BCUT2D eigenvalue weighted by molar-refractivity contribution is 7.15. The molecule has 1 aromatic rings. The standard InChI is InChI=1S/C17H27N3OS.ClH/c1-2-12-3-5-14-15(11-12)22-17(19-14)20-16(21)6-4-13-7-9-18-10-8-13;/h12-13,18H,2-11H2,1H3,(H,19,20,21);1H. The van der Waals surface area contributed by atoms with Gasteiger partial charge in [-0.1, -0.05) is 13.3 Å². The predicted octanol–water partition coefficient (Wildman–Crippen LogP) is 3.80. The molecular formula is C17H28ClN3OS. The molecule has 1 amide bonds. The molecular weight excluding hydrogens is 330 g/mol. The lowest BCUT2D eigenvalue weighted by Gasteiger charge is -2.21. The first-order valence-corrected chi connectivity index (χ1v) is 9.55. The first-order valence-electron chi connectivity index (χ1n) is 8.73. The van der Waals surface area contributed by atoms with E-state index in [1.165, 1.54) is 36.3 Å². The zero-order valence-electron chi connectivity index (χ0n) is 13.9. The Balaban J connectivity index is 0.00000192. The molecule has 3 rings (SSSR count). The highest BCUT2D eigenvalue weighted by Gasteiger charge is 2.22. The number of aromatic nitrogens is 1. The number of fused-ring (bicyclic) bond motifs is 1. The van der Waals surface area contributed by atoms with Crippen molar-refractivity contribution in [1.29, 1.82) is 0 Å². The molecule has 2 heterocycles. The molecule has 1 fully saturated rings. The van der Waals surface area contributed by atoms with Crippen LogP contribution in [0.3, 0.4) is 0 Å². The summed E-state index contributed by atoms with van der Waals surface area (Å²) in [7, 11) is 0. The van der Waals surface area contributed by atoms with Crippen LogP contribution >= 0.6 is 23.7 Å². The number of carbonyl (C=O) groups is 1. The largest absolute Gasteiger partial charge is 0.317 e. The van der Waals surface area contributed by atoms with Crippen LogP contribution in [0.1, 0.15) is 56.0 Å². The van der Waals surface area contributed by atoms with Crippen molar-refractivity contribution < 1.29 is 4.79 Å². The van der Waals surface area contributed by atoms with E-state index in [-0.39, 0.29) is 18.3 Å². The van der Waals surface area contributed by atoms with E-state index in [4.69, 9.17) is 0 Å². The molecule has 0 saturated carbocycles. The van der Waals surface area contributed by atoms with Gasteiger partial charge in [-0.3, -0.25) is 4.79 Å². The third kappa shape index (κ3) is 5.16.